The van der Waals surface area contributed by atoms with E-state index in [1.807, 2.05) is 51.1 Å². The molecule has 2 rings (SSSR count). The van der Waals surface area contributed by atoms with Crippen LogP contribution in [0.3, 0.4) is 0 Å². The Morgan fingerprint density at radius 3 is 2.62 bits per heavy atom. The third kappa shape index (κ3) is 8.73. The van der Waals surface area contributed by atoms with E-state index in [0.29, 0.717) is 19.1 Å². The number of ether oxygens (including phenoxy) is 3. The molecule has 2 atom stereocenters. The van der Waals surface area contributed by atoms with Crippen molar-refractivity contribution in [1.29, 1.82) is 0 Å². The van der Waals surface area contributed by atoms with E-state index >= 15 is 0 Å². The molecule has 0 aromatic heterocycles. The van der Waals surface area contributed by atoms with E-state index in [4.69, 9.17) is 14.2 Å². The van der Waals surface area contributed by atoms with E-state index in [2.05, 4.69) is 5.32 Å². The van der Waals surface area contributed by atoms with Crippen LogP contribution >= 0.6 is 0 Å². The maximum atomic E-state index is 12.5. The number of alkyl carbamates (subject to hydrolysis) is 1. The van der Waals surface area contributed by atoms with Crippen molar-refractivity contribution >= 4 is 12.2 Å². The van der Waals surface area contributed by atoms with Crippen LogP contribution in [0.1, 0.15) is 45.6 Å². The summed E-state index contributed by atoms with van der Waals surface area (Å²) in [6.07, 6.45) is 1.89. The van der Waals surface area contributed by atoms with Crippen LogP contribution in [0.5, 0.6) is 0 Å². The smallest absolute Gasteiger partial charge is 0.410 e. The molecule has 7 nitrogen and oxygen atoms in total. The second-order valence-corrected chi connectivity index (χ2v) is 8.51. The number of nitrogens with one attached hydrogen (secondary N) is 1. The average Bonchev–Trinajstić information content (AvgIpc) is 2.69. The first-order valence-corrected chi connectivity index (χ1v) is 10.2. The molecule has 0 bridgehead atoms. The number of hydrogen-bond donors (Lipinski definition) is 1. The zero-order chi connectivity index (χ0) is 21.3. The van der Waals surface area contributed by atoms with Gasteiger partial charge in [0.25, 0.3) is 0 Å². The summed E-state index contributed by atoms with van der Waals surface area (Å²) >= 11 is 0. The minimum absolute atomic E-state index is 0.204. The van der Waals surface area contributed by atoms with Crippen molar-refractivity contribution in [2.75, 3.05) is 26.8 Å². The molecule has 1 fully saturated rings. The lowest BCUT2D eigenvalue weighted by molar-refractivity contribution is 0.0111. The Morgan fingerprint density at radius 1 is 1.28 bits per heavy atom. The summed E-state index contributed by atoms with van der Waals surface area (Å²) < 4.78 is 16.3. The van der Waals surface area contributed by atoms with Crippen molar-refractivity contribution in [2.45, 2.75) is 58.3 Å². The monoisotopic (exact) mass is 406 g/mol. The van der Waals surface area contributed by atoms with Crippen LogP contribution < -0.4 is 5.32 Å². The Bertz CT molecular complexity index is 638. The molecule has 1 saturated heterocycles. The van der Waals surface area contributed by atoms with Crippen molar-refractivity contribution in [3.63, 3.8) is 0 Å². The molecular formula is C22H34N2O5. The van der Waals surface area contributed by atoms with Crippen LogP contribution in [0.2, 0.25) is 0 Å². The third-order valence-corrected chi connectivity index (χ3v) is 4.78. The lowest BCUT2D eigenvalue weighted by Gasteiger charge is -2.34. The van der Waals surface area contributed by atoms with Gasteiger partial charge in [-0.2, -0.15) is 0 Å². The van der Waals surface area contributed by atoms with Crippen molar-refractivity contribution in [2.24, 2.45) is 5.92 Å². The first-order valence-electron chi connectivity index (χ1n) is 10.2. The van der Waals surface area contributed by atoms with Crippen molar-refractivity contribution in [1.82, 2.24) is 10.2 Å². The third-order valence-electron chi connectivity index (χ3n) is 4.78. The fourth-order valence-electron chi connectivity index (χ4n) is 3.21. The van der Waals surface area contributed by atoms with E-state index in [0.717, 1.165) is 31.4 Å². The van der Waals surface area contributed by atoms with Crippen molar-refractivity contribution < 1.29 is 23.8 Å². The summed E-state index contributed by atoms with van der Waals surface area (Å²) in [5.74, 6) is 0.348. The second kappa shape index (κ2) is 11.0. The zero-order valence-corrected chi connectivity index (χ0v) is 18.0. The molecule has 1 heterocycles. The van der Waals surface area contributed by atoms with Gasteiger partial charge < -0.3 is 24.4 Å². The molecule has 1 aromatic rings. The number of rotatable bonds is 7. The van der Waals surface area contributed by atoms with Gasteiger partial charge in [-0.25, -0.2) is 9.59 Å². The molecule has 1 N–H and O–H groups in total. The molecule has 0 saturated carbocycles. The van der Waals surface area contributed by atoms with Crippen LogP contribution in [-0.4, -0.2) is 55.5 Å². The van der Waals surface area contributed by atoms with Gasteiger partial charge in [0.2, 0.25) is 0 Å². The van der Waals surface area contributed by atoms with Crippen LogP contribution in [0.15, 0.2) is 30.3 Å². The van der Waals surface area contributed by atoms with Gasteiger partial charge in [-0.1, -0.05) is 30.3 Å². The number of nitrogens with zero attached hydrogens (tertiary/aromatic N) is 1. The molecule has 0 radical (unpaired) electrons. The summed E-state index contributed by atoms with van der Waals surface area (Å²) in [5.41, 5.74) is 0.343. The van der Waals surface area contributed by atoms with E-state index < -0.39 is 17.8 Å². The summed E-state index contributed by atoms with van der Waals surface area (Å²) in [6, 6.07) is 9.30. The summed E-state index contributed by atoms with van der Waals surface area (Å²) in [7, 11) is 1.71. The Labute approximate surface area is 173 Å². The van der Waals surface area contributed by atoms with Gasteiger partial charge in [-0.3, -0.25) is 0 Å². The molecule has 1 aliphatic heterocycles. The minimum atomic E-state index is -0.577. The van der Waals surface area contributed by atoms with E-state index in [1.165, 1.54) is 0 Å². The number of hydrogen-bond acceptors (Lipinski definition) is 5. The van der Waals surface area contributed by atoms with Crippen LogP contribution in [0.4, 0.5) is 9.59 Å². The highest BCUT2D eigenvalue weighted by molar-refractivity contribution is 5.69. The summed E-state index contributed by atoms with van der Waals surface area (Å²) in [6.45, 7) is 7.46. The van der Waals surface area contributed by atoms with Crippen molar-refractivity contribution in [3.05, 3.63) is 35.9 Å². The van der Waals surface area contributed by atoms with Gasteiger partial charge in [-0.05, 0) is 51.5 Å². The lowest BCUT2D eigenvalue weighted by Crippen LogP contribution is -2.48. The molecule has 0 aliphatic carbocycles. The van der Waals surface area contributed by atoms with E-state index in [1.54, 1.807) is 11.9 Å². The van der Waals surface area contributed by atoms with E-state index in [-0.39, 0.29) is 12.6 Å². The molecule has 2 amide bonds. The second-order valence-electron chi connectivity index (χ2n) is 8.51. The largest absolute Gasteiger partial charge is 0.445 e. The average molecular weight is 407 g/mol. The van der Waals surface area contributed by atoms with Gasteiger partial charge >= 0.3 is 12.2 Å². The normalized spacial score (nSPS) is 17.9. The molecule has 162 valence electrons. The van der Waals surface area contributed by atoms with Crippen molar-refractivity contribution in [3.8, 4) is 0 Å². The van der Waals surface area contributed by atoms with Crippen LogP contribution in [0.25, 0.3) is 0 Å². The molecular weight excluding hydrogens is 372 g/mol. The maximum absolute atomic E-state index is 12.5. The summed E-state index contributed by atoms with van der Waals surface area (Å²) in [5, 5.41) is 2.79. The number of carbonyl (C=O) groups excluding carboxylic acids is 2. The fourth-order valence-corrected chi connectivity index (χ4v) is 3.21. The SMILES string of the molecule is CN(C(=O)OC(C)(C)C)[C@@H](CNC(=O)OCc1ccccc1)C[C@@H]1CCCOC1. The highest BCUT2D eigenvalue weighted by Gasteiger charge is 2.28. The van der Waals surface area contributed by atoms with Crippen LogP contribution in [-0.2, 0) is 20.8 Å². The van der Waals surface area contributed by atoms with Gasteiger partial charge in [0, 0.05) is 26.8 Å². The standard InChI is InChI=1S/C22H34N2O5/c1-22(2,3)29-21(26)24(4)19(13-18-11-8-12-27-15-18)14-23-20(25)28-16-17-9-6-5-7-10-17/h5-7,9-10,18-19H,8,11-16H2,1-4H3,(H,23,25)/t18-,19+/m0/s1. The minimum Gasteiger partial charge on any atom is -0.445 e. The number of benzene rings is 1. The highest BCUT2D eigenvalue weighted by atomic mass is 16.6. The van der Waals surface area contributed by atoms with Gasteiger partial charge in [-0.15, -0.1) is 0 Å². The Morgan fingerprint density at radius 2 is 2.00 bits per heavy atom. The predicted octanol–water partition coefficient (Wildman–Crippen LogP) is 3.97. The Balaban J connectivity index is 1.90. The van der Waals surface area contributed by atoms with Gasteiger partial charge in [0.1, 0.15) is 12.2 Å². The Kier molecular flexibility index (Phi) is 8.76. The molecule has 0 unspecified atom stereocenters. The zero-order valence-electron chi connectivity index (χ0n) is 18.0. The predicted molar refractivity (Wildman–Crippen MR) is 111 cm³/mol. The molecule has 0 spiro atoms. The maximum Gasteiger partial charge on any atom is 0.410 e. The van der Waals surface area contributed by atoms with Gasteiger partial charge in [0.05, 0.1) is 6.04 Å². The van der Waals surface area contributed by atoms with Crippen LogP contribution in [0, 0.1) is 5.92 Å². The molecule has 29 heavy (non-hydrogen) atoms. The molecule has 1 aliphatic rings. The summed E-state index contributed by atoms with van der Waals surface area (Å²) in [4.78, 5) is 26.2. The Hall–Kier alpha value is -2.28. The molecule has 1 aromatic carbocycles. The molecule has 7 heteroatoms. The quantitative estimate of drug-likeness (QED) is 0.741. The number of carbonyl (C=O) groups is 2. The number of amides is 2. The lowest BCUT2D eigenvalue weighted by atomic mass is 9.94. The highest BCUT2D eigenvalue weighted by Crippen LogP contribution is 2.22. The van der Waals surface area contributed by atoms with E-state index in [9.17, 15) is 9.59 Å². The first kappa shape index (κ1) is 23.0. The first-order chi connectivity index (χ1) is 13.7. The topological polar surface area (TPSA) is 77.1 Å². The number of likely N-dealkylation sites (N-methyl/N-ethyl adjacent to an activating group) is 1. The van der Waals surface area contributed by atoms with Gasteiger partial charge in [0.15, 0.2) is 0 Å². The fraction of sp³-hybridized carbons (Fsp3) is 0.636.